The van der Waals surface area contributed by atoms with Crippen molar-refractivity contribution >= 4 is 64.3 Å². The number of fused-ring (bicyclic) bond motifs is 2. The SMILES string of the molecule is COc1cc(C)[nH]c(=O)c1CCC(=O)c1c(C)n(C(C)C2CCN(C(=O)OC(C)(C)C)CC2)c2ccccc12.COc1cc(C)[nH]c(=O)c1CCC(=O)c1c(C)n(C(C)C2CCNCC2)c2ccccc12.Cl.Cl. The third-order valence-corrected chi connectivity index (χ3v) is 14.7. The van der Waals surface area contributed by atoms with Gasteiger partial charge in [-0.25, -0.2) is 4.79 Å². The number of pyridine rings is 2. The Bertz CT molecular complexity index is 3020. The Morgan fingerprint density at radius 3 is 1.44 bits per heavy atom. The number of para-hydroxylation sites is 2. The minimum Gasteiger partial charge on any atom is -0.496 e. The second-order valence-electron chi connectivity index (χ2n) is 20.6. The van der Waals surface area contributed by atoms with E-state index in [1.165, 1.54) is 7.11 Å². The van der Waals surface area contributed by atoms with Gasteiger partial charge >= 0.3 is 6.09 Å². The molecule has 6 heterocycles. The molecule has 2 saturated heterocycles. The molecule has 0 radical (unpaired) electrons. The van der Waals surface area contributed by atoms with E-state index < -0.39 is 5.60 Å². The zero-order valence-corrected chi connectivity index (χ0v) is 46.1. The van der Waals surface area contributed by atoms with Crippen LogP contribution in [0.15, 0.2) is 70.3 Å². The molecule has 8 rings (SSSR count). The Morgan fingerprint density at radius 2 is 1.04 bits per heavy atom. The number of aromatic nitrogens is 4. The van der Waals surface area contributed by atoms with Gasteiger partial charge in [-0.1, -0.05) is 36.4 Å². The van der Waals surface area contributed by atoms with Crippen molar-refractivity contribution in [3.63, 3.8) is 0 Å². The van der Waals surface area contributed by atoms with E-state index in [1.54, 1.807) is 31.1 Å². The van der Waals surface area contributed by atoms with E-state index in [0.29, 0.717) is 72.0 Å². The highest BCUT2D eigenvalue weighted by molar-refractivity contribution is 6.10. The Balaban J connectivity index is 0.000000268. The van der Waals surface area contributed by atoms with Gasteiger partial charge in [0.15, 0.2) is 11.6 Å². The van der Waals surface area contributed by atoms with Crippen molar-refractivity contribution in [2.45, 2.75) is 131 Å². The number of hydrogen-bond donors (Lipinski definition) is 3. The number of methoxy groups -OCH3 is 2. The number of likely N-dealkylation sites (tertiary alicyclic amines) is 1. The maximum Gasteiger partial charge on any atom is 0.410 e. The van der Waals surface area contributed by atoms with Crippen LogP contribution in [-0.4, -0.2) is 87.7 Å². The van der Waals surface area contributed by atoms with Gasteiger partial charge in [0.2, 0.25) is 0 Å². The number of nitrogens with one attached hydrogen (secondary N) is 3. The summed E-state index contributed by atoms with van der Waals surface area (Å²) in [5.41, 5.74) is 7.16. The molecule has 3 N–H and O–H groups in total. The number of benzene rings is 2. The van der Waals surface area contributed by atoms with E-state index in [0.717, 1.165) is 88.9 Å². The summed E-state index contributed by atoms with van der Waals surface area (Å²) in [6.07, 6.45) is 4.89. The number of carbonyl (C=O) groups is 3. The molecule has 14 nitrogen and oxygen atoms in total. The first kappa shape index (κ1) is 58.1. The zero-order valence-electron chi connectivity index (χ0n) is 44.5. The number of amides is 1. The molecule has 0 bridgehead atoms. The van der Waals surface area contributed by atoms with Crippen molar-refractivity contribution in [3.05, 3.63) is 126 Å². The number of carbonyl (C=O) groups excluding carboxylic acids is 3. The van der Waals surface area contributed by atoms with Gasteiger partial charge in [-0.3, -0.25) is 19.2 Å². The minimum atomic E-state index is -0.510. The molecule has 0 aliphatic carbocycles. The molecule has 2 aliphatic heterocycles. The fourth-order valence-corrected chi connectivity index (χ4v) is 11.1. The van der Waals surface area contributed by atoms with E-state index in [-0.39, 0.29) is 72.5 Å². The summed E-state index contributed by atoms with van der Waals surface area (Å²) in [5, 5.41) is 5.38. The van der Waals surface area contributed by atoms with Gasteiger partial charge in [0.25, 0.3) is 11.1 Å². The first-order valence-corrected chi connectivity index (χ1v) is 25.3. The molecule has 0 spiro atoms. The van der Waals surface area contributed by atoms with E-state index in [1.807, 2.05) is 71.0 Å². The summed E-state index contributed by atoms with van der Waals surface area (Å²) >= 11 is 0. The standard InChI is InChI=1S/C31H41N3O5.C26H33N3O3.2ClH/c1-19-18-27(38-7)24(29(36)32-19)12-13-26(35)28-21(3)34(25-11-9-8-10-23(25)28)20(2)22-14-16-33(17-15-22)30(37)39-31(4,5)6;1-16-15-24(32-4)21(26(31)28-16)9-10-23(30)25-18(3)29(22-8-6-5-7-20(22)25)17(2)19-11-13-27-14-12-19;;/h8-11,18,20,22H,12-17H2,1-7H3,(H,32,36);5-8,15,17,19,27H,9-14H2,1-4H3,(H,28,31);2*1H. The molecule has 2 unspecified atom stereocenters. The lowest BCUT2D eigenvalue weighted by molar-refractivity contribution is 0.0165. The maximum atomic E-state index is 13.7. The van der Waals surface area contributed by atoms with Gasteiger partial charge < -0.3 is 43.5 Å². The summed E-state index contributed by atoms with van der Waals surface area (Å²) in [5.74, 6) is 2.07. The second-order valence-corrected chi connectivity index (χ2v) is 20.6. The highest BCUT2D eigenvalue weighted by Gasteiger charge is 2.33. The monoisotopic (exact) mass is 1040 g/mol. The Labute approximate surface area is 441 Å². The number of rotatable bonds is 14. The number of aromatic amines is 2. The molecule has 2 aromatic carbocycles. The number of Topliss-reactive ketones (excluding diaryl/α,β-unsaturated/α-hetero) is 2. The topological polar surface area (TPSA) is 170 Å². The van der Waals surface area contributed by atoms with Gasteiger partial charge in [0.1, 0.15) is 17.1 Å². The quantitative estimate of drug-likeness (QED) is 0.0899. The normalized spacial score (nSPS) is 15.1. The number of nitrogens with zero attached hydrogens (tertiary/aromatic N) is 3. The van der Waals surface area contributed by atoms with E-state index >= 15 is 0 Å². The van der Waals surface area contributed by atoms with Crippen LogP contribution in [0.5, 0.6) is 11.5 Å². The minimum absolute atomic E-state index is 0. The lowest BCUT2D eigenvalue weighted by atomic mass is 9.90. The number of aryl methyl sites for hydroxylation is 2. The molecule has 6 aromatic rings. The molecule has 2 fully saturated rings. The van der Waals surface area contributed by atoms with Gasteiger partial charge in [-0.05, 0) is 150 Å². The average Bonchev–Trinajstić information content (AvgIpc) is 3.81. The summed E-state index contributed by atoms with van der Waals surface area (Å²) in [6, 6.07) is 20.3. The van der Waals surface area contributed by atoms with Gasteiger partial charge in [0, 0.05) is 93.7 Å². The summed E-state index contributed by atoms with van der Waals surface area (Å²) < 4.78 is 21.0. The van der Waals surface area contributed by atoms with Crippen molar-refractivity contribution in [1.29, 1.82) is 0 Å². The largest absolute Gasteiger partial charge is 0.496 e. The number of ketones is 2. The number of halogens is 2. The number of hydrogen-bond acceptors (Lipinski definition) is 9. The second kappa shape index (κ2) is 24.9. The van der Waals surface area contributed by atoms with Gasteiger partial charge in [0.05, 0.1) is 25.3 Å². The number of piperidine rings is 2. The van der Waals surface area contributed by atoms with Crippen LogP contribution in [0.4, 0.5) is 4.79 Å². The lowest BCUT2D eigenvalue weighted by Crippen LogP contribution is -2.42. The van der Waals surface area contributed by atoms with Gasteiger partial charge in [-0.15, -0.1) is 24.8 Å². The molecule has 1 amide bonds. The van der Waals surface area contributed by atoms with E-state index in [9.17, 15) is 24.0 Å². The molecule has 0 saturated carbocycles. The molecular weight excluding hydrogens is 968 g/mol. The molecule has 2 aliphatic rings. The Hall–Kier alpha value is -5.83. The van der Waals surface area contributed by atoms with Crippen LogP contribution < -0.4 is 25.9 Å². The maximum absolute atomic E-state index is 13.7. The summed E-state index contributed by atoms with van der Waals surface area (Å²) in [4.78, 5) is 72.1. The zero-order chi connectivity index (χ0) is 51.3. The van der Waals surface area contributed by atoms with Crippen molar-refractivity contribution in [3.8, 4) is 11.5 Å². The molecule has 396 valence electrons. The van der Waals surface area contributed by atoms with Crippen molar-refractivity contribution in [2.75, 3.05) is 40.4 Å². The highest BCUT2D eigenvalue weighted by atomic mass is 35.5. The highest BCUT2D eigenvalue weighted by Crippen LogP contribution is 2.38. The van der Waals surface area contributed by atoms with Crippen molar-refractivity contribution in [1.82, 2.24) is 29.3 Å². The van der Waals surface area contributed by atoms with Crippen LogP contribution in [0.1, 0.15) is 140 Å². The molecule has 73 heavy (non-hydrogen) atoms. The fourth-order valence-electron chi connectivity index (χ4n) is 11.1. The molecular formula is C57H76Cl2N6O8. The molecule has 4 aromatic heterocycles. The van der Waals surface area contributed by atoms with Crippen LogP contribution in [0.25, 0.3) is 21.8 Å². The van der Waals surface area contributed by atoms with Crippen molar-refractivity contribution < 1.29 is 28.6 Å². The average molecular weight is 1040 g/mol. The predicted molar refractivity (Wildman–Crippen MR) is 295 cm³/mol. The van der Waals surface area contributed by atoms with E-state index in [2.05, 4.69) is 57.3 Å². The third kappa shape index (κ3) is 12.9. The molecule has 16 heteroatoms. The van der Waals surface area contributed by atoms with Crippen molar-refractivity contribution in [2.24, 2.45) is 11.8 Å². The van der Waals surface area contributed by atoms with Crippen LogP contribution >= 0.6 is 24.8 Å². The van der Waals surface area contributed by atoms with Crippen LogP contribution in [-0.2, 0) is 17.6 Å². The summed E-state index contributed by atoms with van der Waals surface area (Å²) in [7, 11) is 3.09. The lowest BCUT2D eigenvalue weighted by Gasteiger charge is -2.36. The first-order valence-electron chi connectivity index (χ1n) is 25.3. The Kier molecular flexibility index (Phi) is 19.8. The number of ether oxygens (including phenoxy) is 3. The van der Waals surface area contributed by atoms with E-state index in [4.69, 9.17) is 14.2 Å². The third-order valence-electron chi connectivity index (χ3n) is 14.7. The fraction of sp³-hybridized carbons (Fsp3) is 0.491. The van der Waals surface area contributed by atoms with Gasteiger partial charge in [-0.2, -0.15) is 0 Å². The first-order chi connectivity index (χ1) is 33.8. The van der Waals surface area contributed by atoms with Crippen LogP contribution in [0, 0.1) is 39.5 Å². The predicted octanol–water partition coefficient (Wildman–Crippen LogP) is 11.2. The van der Waals surface area contributed by atoms with Crippen LogP contribution in [0.2, 0.25) is 0 Å². The van der Waals surface area contributed by atoms with Crippen LogP contribution in [0.3, 0.4) is 0 Å². The molecule has 2 atom stereocenters. The smallest absolute Gasteiger partial charge is 0.410 e. The Morgan fingerprint density at radius 1 is 0.644 bits per heavy atom. The number of H-pyrrole nitrogens is 2. The summed E-state index contributed by atoms with van der Waals surface area (Å²) in [6.45, 7) is 21.2.